The number of rotatable bonds is 16. The normalized spacial score (nSPS) is 14.3. The highest BCUT2D eigenvalue weighted by Gasteiger charge is 2.30. The summed E-state index contributed by atoms with van der Waals surface area (Å²) in [5.74, 6) is 3.92. The van der Waals surface area contributed by atoms with Gasteiger partial charge in [-0.05, 0) is 55.4 Å². The zero-order valence-corrected chi connectivity index (χ0v) is 43.1. The molecule has 16 heteroatoms. The first-order valence-corrected chi connectivity index (χ1v) is 28.8. The Bertz CT molecular complexity index is 3380. The molecule has 9 rings (SSSR count). The topological polar surface area (TPSA) is 166 Å². The fourth-order valence-corrected chi connectivity index (χ4v) is 15.6. The van der Waals surface area contributed by atoms with Crippen LogP contribution in [0.15, 0.2) is 93.5 Å². The van der Waals surface area contributed by atoms with E-state index in [4.69, 9.17) is 29.9 Å². The number of benzene rings is 4. The van der Waals surface area contributed by atoms with Gasteiger partial charge in [0.15, 0.2) is 34.6 Å². The van der Waals surface area contributed by atoms with Gasteiger partial charge in [-0.2, -0.15) is 0 Å². The maximum atomic E-state index is 15.2. The van der Waals surface area contributed by atoms with Crippen molar-refractivity contribution in [3.05, 3.63) is 78.9 Å². The molecular formula is C52H58N8O4S4. The molecule has 0 spiro atoms. The summed E-state index contributed by atoms with van der Waals surface area (Å²) in [6.45, 7) is 16.8. The Morgan fingerprint density at radius 2 is 0.853 bits per heavy atom. The van der Waals surface area contributed by atoms with E-state index in [1.54, 1.807) is 3.97 Å². The molecule has 4 unspecified atom stereocenters. The summed E-state index contributed by atoms with van der Waals surface area (Å²) in [6.07, 6.45) is 2.71. The van der Waals surface area contributed by atoms with E-state index in [2.05, 4.69) is 60.4 Å². The van der Waals surface area contributed by atoms with Gasteiger partial charge in [-0.15, -0.1) is 0 Å². The summed E-state index contributed by atoms with van der Waals surface area (Å²) < 4.78 is 61.3. The number of hydrogen-bond donors (Lipinski definition) is 1. The van der Waals surface area contributed by atoms with Crippen molar-refractivity contribution in [1.29, 1.82) is 0 Å². The van der Waals surface area contributed by atoms with E-state index < -0.39 is 43.4 Å². The monoisotopic (exact) mass is 986 g/mol. The Morgan fingerprint density at radius 1 is 0.456 bits per heavy atom. The van der Waals surface area contributed by atoms with Crippen molar-refractivity contribution in [1.82, 2.24) is 38.9 Å². The number of H-pyrrole nitrogens is 1. The SMILES string of the molecule is CC(C)CCS(=O)c1cc2c3nc4nc(nc5c6ccccc6c(nc6nc(nc([nH]3)c2c(S(=O)CCC(C)C)c1S(=O)CCC(C)C)-c1ccccc1-6)n5S(=O)CCC(C)C)-c1ccccc1-4. The zero-order chi connectivity index (χ0) is 48.0. The highest BCUT2D eigenvalue weighted by molar-refractivity contribution is 7.90. The van der Waals surface area contributed by atoms with E-state index in [1.807, 2.05) is 78.9 Å². The van der Waals surface area contributed by atoms with Crippen molar-refractivity contribution in [2.24, 2.45) is 23.7 Å². The quantitative estimate of drug-likeness (QED) is 0.0984. The molecule has 0 saturated heterocycles. The molecular weight excluding hydrogens is 929 g/mol. The zero-order valence-electron chi connectivity index (χ0n) is 39.9. The van der Waals surface area contributed by atoms with Crippen molar-refractivity contribution >= 4 is 87.5 Å². The lowest BCUT2D eigenvalue weighted by atomic mass is 10.1. The molecule has 0 radical (unpaired) electrons. The van der Waals surface area contributed by atoms with Crippen molar-refractivity contribution in [2.75, 3.05) is 23.0 Å². The minimum absolute atomic E-state index is 0.247. The summed E-state index contributed by atoms with van der Waals surface area (Å²) in [5, 5.41) is 2.54. The first-order chi connectivity index (χ1) is 32.7. The fraction of sp³-hybridized carbons (Fsp3) is 0.385. The molecule has 5 heterocycles. The van der Waals surface area contributed by atoms with Gasteiger partial charge in [0, 0.05) is 66.8 Å². The Balaban J connectivity index is 1.49. The smallest absolute Gasteiger partial charge is 0.164 e. The summed E-state index contributed by atoms with van der Waals surface area (Å²) in [5.41, 5.74) is 4.49. The molecule has 2 aliphatic rings. The molecule has 12 nitrogen and oxygen atoms in total. The maximum Gasteiger partial charge on any atom is 0.164 e. The number of aromatic nitrogens is 8. The fourth-order valence-electron chi connectivity index (χ4n) is 8.36. The Kier molecular flexibility index (Phi) is 14.1. The number of nitrogens with zero attached hydrogens (tertiary/aromatic N) is 7. The van der Waals surface area contributed by atoms with Gasteiger partial charge in [0.1, 0.15) is 22.3 Å². The van der Waals surface area contributed by atoms with Crippen LogP contribution >= 0.6 is 0 Å². The Morgan fingerprint density at radius 3 is 1.32 bits per heavy atom. The second kappa shape index (κ2) is 20.1. The van der Waals surface area contributed by atoms with Gasteiger partial charge in [-0.1, -0.05) is 128 Å². The van der Waals surface area contributed by atoms with Crippen molar-refractivity contribution in [3.63, 3.8) is 0 Å². The summed E-state index contributed by atoms with van der Waals surface area (Å²) in [6, 6.07) is 25.1. The van der Waals surface area contributed by atoms with Crippen LogP contribution in [0, 0.1) is 23.7 Å². The minimum atomic E-state index is -1.70. The van der Waals surface area contributed by atoms with Crippen LogP contribution in [0.4, 0.5) is 0 Å². The van der Waals surface area contributed by atoms with Gasteiger partial charge >= 0.3 is 0 Å². The van der Waals surface area contributed by atoms with E-state index in [9.17, 15) is 12.6 Å². The van der Waals surface area contributed by atoms with Crippen LogP contribution in [0.3, 0.4) is 0 Å². The molecule has 0 saturated carbocycles. The van der Waals surface area contributed by atoms with Crippen LogP contribution in [0.25, 0.3) is 89.7 Å². The molecule has 4 atom stereocenters. The second-order valence-corrected chi connectivity index (χ2v) is 25.2. The number of aromatic amines is 1. The van der Waals surface area contributed by atoms with Gasteiger partial charge in [0.25, 0.3) is 0 Å². The van der Waals surface area contributed by atoms with Gasteiger partial charge in [0.05, 0.1) is 47.1 Å². The molecule has 4 aromatic carbocycles. The number of hydrogen-bond acceptors (Lipinski definition) is 10. The number of nitrogens with one attached hydrogen (secondary N) is 1. The molecule has 354 valence electrons. The van der Waals surface area contributed by atoms with Crippen LogP contribution in [0.2, 0.25) is 0 Å². The molecule has 1 N–H and O–H groups in total. The average molecular weight is 987 g/mol. The van der Waals surface area contributed by atoms with Crippen molar-refractivity contribution < 1.29 is 16.8 Å². The van der Waals surface area contributed by atoms with Crippen LogP contribution in [-0.4, -0.2) is 78.7 Å². The second-order valence-electron chi connectivity index (χ2n) is 19.2. The van der Waals surface area contributed by atoms with E-state index >= 15 is 4.21 Å². The molecule has 8 bridgehead atoms. The molecule has 0 amide bonds. The van der Waals surface area contributed by atoms with Gasteiger partial charge in [-0.3, -0.25) is 12.6 Å². The van der Waals surface area contributed by atoms with E-state index in [1.165, 1.54) is 0 Å². The van der Waals surface area contributed by atoms with Crippen molar-refractivity contribution in [3.8, 4) is 45.6 Å². The van der Waals surface area contributed by atoms with Crippen LogP contribution < -0.4 is 0 Å². The predicted octanol–water partition coefficient (Wildman–Crippen LogP) is 11.4. The van der Waals surface area contributed by atoms with E-state index in [-0.39, 0.29) is 17.8 Å². The molecule has 0 fully saturated rings. The van der Waals surface area contributed by atoms with Crippen LogP contribution in [0.5, 0.6) is 0 Å². The third-order valence-electron chi connectivity index (χ3n) is 12.2. The molecule has 7 aromatic rings. The third-order valence-corrected chi connectivity index (χ3v) is 18.2. The lowest BCUT2D eigenvalue weighted by Gasteiger charge is -2.17. The third kappa shape index (κ3) is 9.45. The molecule has 2 aliphatic heterocycles. The first-order valence-electron chi connectivity index (χ1n) is 23.6. The van der Waals surface area contributed by atoms with Crippen LogP contribution in [-0.2, 0) is 43.4 Å². The Hall–Kier alpha value is -5.16. The van der Waals surface area contributed by atoms with Crippen LogP contribution in [0.1, 0.15) is 81.1 Å². The largest absolute Gasteiger partial charge is 0.324 e. The lowest BCUT2D eigenvalue weighted by Crippen LogP contribution is -2.14. The molecule has 3 aromatic heterocycles. The minimum Gasteiger partial charge on any atom is -0.324 e. The average Bonchev–Trinajstić information content (AvgIpc) is 4.04. The lowest BCUT2D eigenvalue weighted by molar-refractivity contribution is 0.613. The first kappa shape index (κ1) is 47.9. The molecule has 68 heavy (non-hydrogen) atoms. The van der Waals surface area contributed by atoms with E-state index in [0.29, 0.717) is 125 Å². The van der Waals surface area contributed by atoms with Crippen molar-refractivity contribution in [2.45, 2.75) is 95.8 Å². The maximum absolute atomic E-state index is 15.2. The number of fused-ring (bicyclic) bond motifs is 20. The van der Waals surface area contributed by atoms with Gasteiger partial charge < -0.3 is 4.98 Å². The summed E-state index contributed by atoms with van der Waals surface area (Å²) in [7, 11) is -6.54. The molecule has 0 aliphatic carbocycles. The Labute approximate surface area is 407 Å². The highest BCUT2D eigenvalue weighted by Crippen LogP contribution is 2.41. The van der Waals surface area contributed by atoms with Gasteiger partial charge in [0.2, 0.25) is 0 Å². The summed E-state index contributed by atoms with van der Waals surface area (Å²) >= 11 is 0. The highest BCUT2D eigenvalue weighted by atomic mass is 32.2. The predicted molar refractivity (Wildman–Crippen MR) is 280 cm³/mol. The van der Waals surface area contributed by atoms with E-state index in [0.717, 1.165) is 33.9 Å². The summed E-state index contributed by atoms with van der Waals surface area (Å²) in [4.78, 5) is 36.0. The standard InChI is InChI=1S/C52H58N8O4S4/c1-30(2)21-25-65(61)41-29-40-42(44(67(63)27-23-32(5)6)43(41)66(62)26-22-31(3)4)50-56-46-35-16-10-12-18-37(35)48(54-46)59-52-39-20-14-13-19-38(39)51(60(52)68(64)28-24-33(7)8)58-47-36-17-11-9-15-34(36)45(53-47)55-49(40)57-50/h9-20,29-33H,21-28H2,1-8H3,(H,53,54,55,56,57,58,59). The van der Waals surface area contributed by atoms with Gasteiger partial charge in [-0.25, -0.2) is 38.1 Å².